The van der Waals surface area contributed by atoms with Crippen molar-refractivity contribution < 1.29 is 13.9 Å². The average molecular weight is 428 g/mol. The third kappa shape index (κ3) is 3.87. The molecular formula is C23H20N6O3. The molecule has 32 heavy (non-hydrogen) atoms. The molecule has 0 radical (unpaired) electrons. The zero-order chi connectivity index (χ0) is 21.9. The van der Waals surface area contributed by atoms with Crippen molar-refractivity contribution in [3.05, 3.63) is 84.3 Å². The van der Waals surface area contributed by atoms with Gasteiger partial charge in [-0.15, -0.1) is 10.2 Å². The van der Waals surface area contributed by atoms with Crippen LogP contribution in [0.4, 0.5) is 0 Å². The van der Waals surface area contributed by atoms with E-state index in [1.54, 1.807) is 19.4 Å². The number of amides is 1. The molecule has 0 bridgehead atoms. The Bertz CT molecular complexity index is 1230. The normalized spacial score (nSPS) is 15.6. The molecule has 1 atom stereocenters. The Labute approximate surface area is 183 Å². The van der Waals surface area contributed by atoms with Crippen molar-refractivity contribution in [3.8, 4) is 17.1 Å². The first-order valence-corrected chi connectivity index (χ1v) is 10.1. The summed E-state index contributed by atoms with van der Waals surface area (Å²) in [4.78, 5) is 14.5. The Balaban J connectivity index is 1.39. The molecule has 1 aliphatic heterocycles. The molecule has 0 spiro atoms. The van der Waals surface area contributed by atoms with Crippen molar-refractivity contribution in [2.45, 2.75) is 19.0 Å². The molecule has 0 aliphatic carbocycles. The first-order chi connectivity index (χ1) is 15.7. The Kier molecular flexibility index (Phi) is 5.20. The maximum Gasteiger partial charge on any atom is 0.267 e. The van der Waals surface area contributed by atoms with Crippen LogP contribution in [0.25, 0.3) is 11.4 Å². The molecule has 0 N–H and O–H groups in total. The van der Waals surface area contributed by atoms with E-state index < -0.39 is 0 Å². The van der Waals surface area contributed by atoms with Crippen molar-refractivity contribution in [2.24, 2.45) is 5.10 Å². The lowest BCUT2D eigenvalue weighted by Gasteiger charge is -2.19. The van der Waals surface area contributed by atoms with Gasteiger partial charge in [0.15, 0.2) is 0 Å². The molecule has 3 heterocycles. The third-order valence-electron chi connectivity index (χ3n) is 5.22. The zero-order valence-electron chi connectivity index (χ0n) is 17.3. The molecule has 0 unspecified atom stereocenters. The van der Waals surface area contributed by atoms with Crippen LogP contribution in [0.2, 0.25) is 0 Å². The maximum atomic E-state index is 13.2. The summed E-state index contributed by atoms with van der Waals surface area (Å²) in [5, 5.41) is 18.5. The van der Waals surface area contributed by atoms with E-state index in [4.69, 9.17) is 9.15 Å². The number of carbonyl (C=O) groups excluding carboxylic acids is 1. The van der Waals surface area contributed by atoms with Gasteiger partial charge in [0.25, 0.3) is 5.91 Å². The van der Waals surface area contributed by atoms with Gasteiger partial charge in [-0.3, -0.25) is 4.79 Å². The van der Waals surface area contributed by atoms with Crippen LogP contribution in [-0.4, -0.2) is 43.9 Å². The fourth-order valence-electron chi connectivity index (χ4n) is 3.61. The largest absolute Gasteiger partial charge is 0.497 e. The average Bonchev–Trinajstić information content (AvgIpc) is 3.60. The monoisotopic (exact) mass is 428 g/mol. The molecule has 0 saturated heterocycles. The van der Waals surface area contributed by atoms with Crippen LogP contribution in [0, 0.1) is 0 Å². The number of benzene rings is 2. The van der Waals surface area contributed by atoms with Crippen LogP contribution in [-0.2, 0) is 11.3 Å². The van der Waals surface area contributed by atoms with Gasteiger partial charge in [-0.05, 0) is 47.2 Å². The number of hydrogen-bond acceptors (Lipinski definition) is 7. The van der Waals surface area contributed by atoms with Crippen molar-refractivity contribution in [3.63, 3.8) is 0 Å². The lowest BCUT2D eigenvalue weighted by molar-refractivity contribution is -0.134. The van der Waals surface area contributed by atoms with E-state index in [1.165, 1.54) is 9.81 Å². The summed E-state index contributed by atoms with van der Waals surface area (Å²) < 4.78 is 10.8. The number of ether oxygens (including phenoxy) is 1. The van der Waals surface area contributed by atoms with E-state index in [0.29, 0.717) is 18.0 Å². The molecule has 9 heteroatoms. The fourth-order valence-corrected chi connectivity index (χ4v) is 3.61. The molecule has 160 valence electrons. The number of tetrazole rings is 1. The minimum Gasteiger partial charge on any atom is -0.497 e. The minimum absolute atomic E-state index is 0.0869. The summed E-state index contributed by atoms with van der Waals surface area (Å²) in [6.45, 7) is -0.0869. The summed E-state index contributed by atoms with van der Waals surface area (Å²) in [5.41, 5.74) is 2.54. The van der Waals surface area contributed by atoms with E-state index in [2.05, 4.69) is 20.5 Å². The van der Waals surface area contributed by atoms with Gasteiger partial charge in [0.1, 0.15) is 24.1 Å². The minimum atomic E-state index is -0.341. The highest BCUT2D eigenvalue weighted by atomic mass is 16.5. The molecule has 0 fully saturated rings. The topological polar surface area (TPSA) is 98.6 Å². The number of hydrogen-bond donors (Lipinski definition) is 0. The van der Waals surface area contributed by atoms with Crippen molar-refractivity contribution in [1.82, 2.24) is 25.2 Å². The van der Waals surface area contributed by atoms with E-state index in [1.807, 2.05) is 60.7 Å². The fraction of sp³-hybridized carbons (Fsp3) is 0.174. The zero-order valence-corrected chi connectivity index (χ0v) is 17.3. The third-order valence-corrected chi connectivity index (χ3v) is 5.22. The molecule has 2 aromatic carbocycles. The SMILES string of the molecule is COc1ccc(C2=NN(C(=O)Cn3nnc(-c4ccccc4)n3)[C@@H](c3ccco3)C2)cc1. The molecule has 2 aromatic heterocycles. The van der Waals surface area contributed by atoms with E-state index in [9.17, 15) is 4.79 Å². The number of carbonyl (C=O) groups is 1. The molecule has 9 nitrogen and oxygen atoms in total. The Morgan fingerprint density at radius 1 is 1.06 bits per heavy atom. The van der Waals surface area contributed by atoms with Gasteiger partial charge in [0, 0.05) is 12.0 Å². The summed E-state index contributed by atoms with van der Waals surface area (Å²) >= 11 is 0. The Hall–Kier alpha value is -4.27. The van der Waals surface area contributed by atoms with Crippen LogP contribution in [0.15, 0.2) is 82.5 Å². The first-order valence-electron chi connectivity index (χ1n) is 10.1. The highest BCUT2D eigenvalue weighted by molar-refractivity contribution is 6.03. The first kappa shape index (κ1) is 19.7. The van der Waals surface area contributed by atoms with Gasteiger partial charge in [-0.25, -0.2) is 5.01 Å². The number of furan rings is 1. The van der Waals surface area contributed by atoms with Gasteiger partial charge in [0.05, 0.1) is 19.1 Å². The molecule has 1 amide bonds. The molecule has 0 saturated carbocycles. The Morgan fingerprint density at radius 3 is 2.59 bits per heavy atom. The highest BCUT2D eigenvalue weighted by Crippen LogP contribution is 2.33. The van der Waals surface area contributed by atoms with Gasteiger partial charge < -0.3 is 9.15 Å². The molecule has 5 rings (SSSR count). The highest BCUT2D eigenvalue weighted by Gasteiger charge is 2.35. The summed E-state index contributed by atoms with van der Waals surface area (Å²) in [7, 11) is 1.62. The van der Waals surface area contributed by atoms with Crippen molar-refractivity contribution >= 4 is 11.6 Å². The van der Waals surface area contributed by atoms with Crippen LogP contribution in [0.3, 0.4) is 0 Å². The van der Waals surface area contributed by atoms with Crippen LogP contribution >= 0.6 is 0 Å². The number of rotatable bonds is 6. The van der Waals surface area contributed by atoms with Crippen LogP contribution < -0.4 is 4.74 Å². The van der Waals surface area contributed by atoms with Crippen LogP contribution in [0.1, 0.15) is 23.8 Å². The second kappa shape index (κ2) is 8.46. The summed E-state index contributed by atoms with van der Waals surface area (Å²) in [6.07, 6.45) is 2.13. The van der Waals surface area contributed by atoms with Crippen molar-refractivity contribution in [2.75, 3.05) is 7.11 Å². The van der Waals surface area contributed by atoms with Gasteiger partial charge in [-0.2, -0.15) is 9.90 Å². The van der Waals surface area contributed by atoms with E-state index >= 15 is 0 Å². The van der Waals surface area contributed by atoms with E-state index in [0.717, 1.165) is 22.6 Å². The predicted molar refractivity (Wildman–Crippen MR) is 116 cm³/mol. The molecular weight excluding hydrogens is 408 g/mol. The quantitative estimate of drug-likeness (QED) is 0.467. The molecule has 4 aromatic rings. The maximum absolute atomic E-state index is 13.2. The Morgan fingerprint density at radius 2 is 1.88 bits per heavy atom. The van der Waals surface area contributed by atoms with Crippen molar-refractivity contribution in [1.29, 1.82) is 0 Å². The van der Waals surface area contributed by atoms with E-state index in [-0.39, 0.29) is 18.5 Å². The lowest BCUT2D eigenvalue weighted by atomic mass is 10.0. The second-order valence-electron chi connectivity index (χ2n) is 7.26. The summed E-state index contributed by atoms with van der Waals surface area (Å²) in [6, 6.07) is 20.4. The number of nitrogens with zero attached hydrogens (tertiary/aromatic N) is 6. The van der Waals surface area contributed by atoms with Gasteiger partial charge in [-0.1, -0.05) is 30.3 Å². The number of aromatic nitrogens is 4. The smallest absolute Gasteiger partial charge is 0.267 e. The summed E-state index contributed by atoms with van der Waals surface area (Å²) in [5.74, 6) is 1.63. The predicted octanol–water partition coefficient (Wildman–Crippen LogP) is 3.32. The number of methoxy groups -OCH3 is 1. The second-order valence-corrected chi connectivity index (χ2v) is 7.26. The van der Waals surface area contributed by atoms with Gasteiger partial charge >= 0.3 is 0 Å². The van der Waals surface area contributed by atoms with Crippen LogP contribution in [0.5, 0.6) is 5.75 Å². The number of hydrazone groups is 1. The molecule has 1 aliphatic rings. The standard InChI is InChI=1S/C23H20N6O3/c1-31-18-11-9-16(10-12-18)19-14-20(21-8-5-13-32-21)29(25-19)22(30)15-28-26-23(24-27-28)17-6-3-2-4-7-17/h2-13,20H,14-15H2,1H3/t20-/m1/s1. The van der Waals surface area contributed by atoms with Gasteiger partial charge in [0.2, 0.25) is 5.82 Å². The lowest BCUT2D eigenvalue weighted by Crippen LogP contribution is -2.31.